The van der Waals surface area contributed by atoms with Gasteiger partial charge in [0, 0.05) is 0 Å². The monoisotopic (exact) mass is 200 g/mol. The minimum absolute atomic E-state index is 0.292. The number of rotatable bonds is 4. The van der Waals surface area contributed by atoms with E-state index in [-0.39, 0.29) is 6.42 Å². The molecule has 0 aliphatic heterocycles. The lowest BCUT2D eigenvalue weighted by atomic mass is 9.99. The number of nitrogens with zero attached hydrogens (tertiary/aromatic N) is 1. The van der Waals surface area contributed by atoms with Crippen molar-refractivity contribution in [2.45, 2.75) is 18.9 Å². The highest BCUT2D eigenvalue weighted by Crippen LogP contribution is 2.13. The van der Waals surface area contributed by atoms with Crippen LogP contribution >= 0.6 is 0 Å². The zero-order valence-corrected chi connectivity index (χ0v) is 9.16. The van der Waals surface area contributed by atoms with Crippen LogP contribution in [0, 0.1) is 11.8 Å². The average Bonchev–Trinajstić information content (AvgIpc) is 1.78. The zero-order chi connectivity index (χ0) is 11.4. The Morgan fingerprint density at radius 2 is 1.93 bits per heavy atom. The number of carboxylic acids is 1. The molecule has 0 aromatic rings. The molecule has 0 aromatic heterocycles. The van der Waals surface area contributed by atoms with Crippen molar-refractivity contribution in [3.05, 3.63) is 0 Å². The minimum Gasteiger partial charge on any atom is -0.481 e. The summed E-state index contributed by atoms with van der Waals surface area (Å²) in [5.74, 6) is 4.08. The second-order valence-electron chi connectivity index (χ2n) is 4.43. The Morgan fingerprint density at radius 1 is 1.43 bits per heavy atom. The molecule has 0 fully saturated rings. The molecule has 0 radical (unpaired) electrons. The first kappa shape index (κ1) is 12.9. The van der Waals surface area contributed by atoms with Gasteiger partial charge in [-0.2, -0.15) is 0 Å². The third kappa shape index (κ3) is 5.57. The van der Waals surface area contributed by atoms with Gasteiger partial charge < -0.3 is 14.7 Å². The number of hydrogen-bond acceptors (Lipinski definition) is 2. The van der Waals surface area contributed by atoms with Crippen molar-refractivity contribution < 1.29 is 19.5 Å². The average molecular weight is 200 g/mol. The molecule has 0 rings (SSSR count). The number of aliphatic hydroxyl groups is 1. The predicted molar refractivity (Wildman–Crippen MR) is 53.6 cm³/mol. The van der Waals surface area contributed by atoms with Crippen LogP contribution in [-0.2, 0) is 4.79 Å². The fourth-order valence-corrected chi connectivity index (χ4v) is 1.41. The maximum absolute atomic E-state index is 10.5. The molecule has 0 spiro atoms. The van der Waals surface area contributed by atoms with Crippen LogP contribution in [-0.4, -0.2) is 54.0 Å². The third-order valence-corrected chi connectivity index (χ3v) is 1.54. The van der Waals surface area contributed by atoms with Crippen molar-refractivity contribution >= 4 is 5.97 Å². The third-order valence-electron chi connectivity index (χ3n) is 1.54. The van der Waals surface area contributed by atoms with Crippen LogP contribution in [0.5, 0.6) is 0 Å². The molecule has 4 heteroatoms. The van der Waals surface area contributed by atoms with Gasteiger partial charge in [-0.1, -0.05) is 5.92 Å². The molecule has 0 saturated heterocycles. The van der Waals surface area contributed by atoms with Gasteiger partial charge in [0.2, 0.25) is 0 Å². The molecule has 80 valence electrons. The predicted octanol–water partition coefficient (Wildman–Crippen LogP) is -0.0783. The fourth-order valence-electron chi connectivity index (χ4n) is 1.41. The van der Waals surface area contributed by atoms with E-state index in [1.807, 2.05) is 21.1 Å². The topological polar surface area (TPSA) is 57.5 Å². The van der Waals surface area contributed by atoms with Crippen molar-refractivity contribution in [1.29, 1.82) is 0 Å². The fraction of sp³-hybridized carbons (Fsp3) is 0.700. The van der Waals surface area contributed by atoms with Crippen LogP contribution in [0.2, 0.25) is 0 Å². The molecule has 0 amide bonds. The number of quaternary nitrogens is 1. The Labute approximate surface area is 84.7 Å². The molecular weight excluding hydrogens is 182 g/mol. The molecule has 0 aliphatic rings. The van der Waals surface area contributed by atoms with Crippen LogP contribution < -0.4 is 0 Å². The molecule has 1 atom stereocenters. The first-order chi connectivity index (χ1) is 6.18. The molecule has 2 N–H and O–H groups in total. The van der Waals surface area contributed by atoms with E-state index in [0.29, 0.717) is 11.0 Å². The van der Waals surface area contributed by atoms with Gasteiger partial charge in [-0.3, -0.25) is 4.79 Å². The van der Waals surface area contributed by atoms with Gasteiger partial charge in [0.05, 0.1) is 27.6 Å². The van der Waals surface area contributed by atoms with Gasteiger partial charge in [-0.05, 0) is 6.92 Å². The van der Waals surface area contributed by atoms with Crippen molar-refractivity contribution in [2.24, 2.45) is 0 Å². The maximum atomic E-state index is 10.5. The van der Waals surface area contributed by atoms with Gasteiger partial charge in [-0.25, -0.2) is 0 Å². The highest BCUT2D eigenvalue weighted by Gasteiger charge is 2.34. The van der Waals surface area contributed by atoms with Crippen LogP contribution in [0.4, 0.5) is 0 Å². The van der Waals surface area contributed by atoms with Gasteiger partial charge in [0.25, 0.3) is 0 Å². The Bertz CT molecular complexity index is 269. The van der Waals surface area contributed by atoms with E-state index in [4.69, 9.17) is 5.11 Å². The summed E-state index contributed by atoms with van der Waals surface area (Å²) in [6.07, 6.45) is -0.344. The lowest BCUT2D eigenvalue weighted by molar-refractivity contribution is -0.875. The Balaban J connectivity index is 4.70. The number of carboxylic acid groups (broad SMARTS) is 1. The molecule has 0 bridgehead atoms. The minimum atomic E-state index is -1.43. The van der Waals surface area contributed by atoms with Crippen molar-refractivity contribution in [2.75, 3.05) is 27.7 Å². The van der Waals surface area contributed by atoms with Crippen LogP contribution in [0.15, 0.2) is 0 Å². The maximum Gasteiger partial charge on any atom is 0.307 e. The van der Waals surface area contributed by atoms with Crippen LogP contribution in [0.25, 0.3) is 0 Å². The van der Waals surface area contributed by atoms with E-state index in [1.54, 1.807) is 6.92 Å². The molecule has 4 nitrogen and oxygen atoms in total. The zero-order valence-electron chi connectivity index (χ0n) is 9.16. The summed E-state index contributed by atoms with van der Waals surface area (Å²) >= 11 is 0. The summed E-state index contributed by atoms with van der Waals surface area (Å²) in [7, 11) is 5.64. The van der Waals surface area contributed by atoms with Gasteiger partial charge in [0.1, 0.15) is 6.54 Å². The largest absolute Gasteiger partial charge is 0.481 e. The molecule has 0 aliphatic carbocycles. The highest BCUT2D eigenvalue weighted by atomic mass is 16.4. The Morgan fingerprint density at radius 3 is 2.21 bits per heavy atom. The van der Waals surface area contributed by atoms with E-state index in [9.17, 15) is 9.90 Å². The molecule has 0 heterocycles. The SMILES string of the molecule is CC#CC(O)(CC(=O)O)C[N+](C)(C)C. The van der Waals surface area contributed by atoms with Crippen molar-refractivity contribution in [3.8, 4) is 11.8 Å². The number of carbonyl (C=O) groups is 1. The van der Waals surface area contributed by atoms with Gasteiger partial charge in [-0.15, -0.1) is 5.92 Å². The van der Waals surface area contributed by atoms with Crippen molar-refractivity contribution in [1.82, 2.24) is 0 Å². The summed E-state index contributed by atoms with van der Waals surface area (Å²) in [6.45, 7) is 1.88. The first-order valence-electron chi connectivity index (χ1n) is 4.37. The molecule has 1 unspecified atom stereocenters. The van der Waals surface area contributed by atoms with Gasteiger partial charge in [0.15, 0.2) is 5.60 Å². The van der Waals surface area contributed by atoms with Crippen LogP contribution in [0.1, 0.15) is 13.3 Å². The normalized spacial score (nSPS) is 15.2. The second kappa shape index (κ2) is 4.45. The smallest absolute Gasteiger partial charge is 0.307 e. The number of aliphatic carboxylic acids is 1. The Kier molecular flexibility index (Phi) is 4.11. The second-order valence-corrected chi connectivity index (χ2v) is 4.43. The molecular formula is C10H18NO3+. The highest BCUT2D eigenvalue weighted by molar-refractivity contribution is 5.69. The quantitative estimate of drug-likeness (QED) is 0.493. The molecule has 0 aromatic carbocycles. The van der Waals surface area contributed by atoms with E-state index in [1.165, 1.54) is 0 Å². The molecule has 14 heavy (non-hydrogen) atoms. The van der Waals surface area contributed by atoms with E-state index >= 15 is 0 Å². The summed E-state index contributed by atoms with van der Waals surface area (Å²) in [6, 6.07) is 0. The van der Waals surface area contributed by atoms with Gasteiger partial charge >= 0.3 is 5.97 Å². The summed E-state index contributed by atoms with van der Waals surface area (Å²) in [4.78, 5) is 10.5. The van der Waals surface area contributed by atoms with Crippen LogP contribution in [0.3, 0.4) is 0 Å². The van der Waals surface area contributed by atoms with E-state index in [2.05, 4.69) is 11.8 Å². The van der Waals surface area contributed by atoms with E-state index < -0.39 is 11.6 Å². The lowest BCUT2D eigenvalue weighted by Crippen LogP contribution is -2.49. The lowest BCUT2D eigenvalue weighted by Gasteiger charge is -2.31. The van der Waals surface area contributed by atoms with Crippen molar-refractivity contribution in [3.63, 3.8) is 0 Å². The summed E-state index contributed by atoms with van der Waals surface area (Å²) < 4.78 is 0.471. The Hall–Kier alpha value is -1.05. The molecule has 0 saturated carbocycles. The summed E-state index contributed by atoms with van der Waals surface area (Å²) in [5.41, 5.74) is -1.43. The number of hydrogen-bond donors (Lipinski definition) is 2. The summed E-state index contributed by atoms with van der Waals surface area (Å²) in [5, 5.41) is 18.6. The van der Waals surface area contributed by atoms with E-state index in [0.717, 1.165) is 0 Å². The standard InChI is InChI=1S/C10H17NO3/c1-5-6-10(14,7-9(12)13)8-11(2,3)4/h14H,7-8H2,1-4H3/p+1. The number of likely N-dealkylation sites (N-methyl/N-ethyl adjacent to an activating group) is 1. The first-order valence-corrected chi connectivity index (χ1v) is 4.37.